The van der Waals surface area contributed by atoms with Crippen LogP contribution in [0, 0.1) is 0 Å². The molecule has 0 radical (unpaired) electrons. The van der Waals surface area contributed by atoms with Gasteiger partial charge >= 0.3 is 0 Å². The van der Waals surface area contributed by atoms with Gasteiger partial charge in [-0.15, -0.1) is 0 Å². The number of furan rings is 1. The van der Waals surface area contributed by atoms with Crippen LogP contribution < -0.4 is 9.80 Å². The third-order valence-corrected chi connectivity index (χ3v) is 11.9. The Balaban J connectivity index is 1.04. The second-order valence-corrected chi connectivity index (χ2v) is 15.8. The predicted octanol–water partition coefficient (Wildman–Crippen LogP) is 14.7. The minimum absolute atomic E-state index is 0.106. The van der Waals surface area contributed by atoms with Crippen molar-refractivity contribution in [2.45, 2.75) is 38.6 Å². The van der Waals surface area contributed by atoms with Gasteiger partial charge < -0.3 is 14.2 Å². The van der Waals surface area contributed by atoms with Crippen molar-refractivity contribution in [3.05, 3.63) is 211 Å². The summed E-state index contributed by atoms with van der Waals surface area (Å²) in [5.74, 6) is 0.871. The number of allylic oxidation sites excluding steroid dienone is 3. The zero-order valence-corrected chi connectivity index (χ0v) is 32.6. The molecule has 3 heteroatoms. The van der Waals surface area contributed by atoms with Crippen molar-refractivity contribution in [2.75, 3.05) is 9.80 Å². The number of hydrogen-bond acceptors (Lipinski definition) is 3. The summed E-state index contributed by atoms with van der Waals surface area (Å²) in [5.41, 5.74) is 16.7. The highest BCUT2D eigenvalue weighted by molar-refractivity contribution is 5.87. The second kappa shape index (κ2) is 14.0. The van der Waals surface area contributed by atoms with Crippen LogP contribution in [0.15, 0.2) is 199 Å². The monoisotopic (exact) mass is 736 g/mol. The summed E-state index contributed by atoms with van der Waals surface area (Å²) in [6, 6.07) is 61.8. The average molecular weight is 737 g/mol. The largest absolute Gasteiger partial charge is 0.456 e. The van der Waals surface area contributed by atoms with Gasteiger partial charge in [-0.1, -0.05) is 123 Å². The molecule has 0 spiro atoms. The first-order valence-corrected chi connectivity index (χ1v) is 20.0. The Hall–Kier alpha value is -6.84. The van der Waals surface area contributed by atoms with Gasteiger partial charge in [0.25, 0.3) is 0 Å². The number of anilines is 5. The molecule has 0 fully saturated rings. The zero-order chi connectivity index (χ0) is 38.5. The van der Waals surface area contributed by atoms with Crippen LogP contribution in [0.5, 0.6) is 0 Å². The van der Waals surface area contributed by atoms with E-state index in [1.807, 2.05) is 18.2 Å². The Morgan fingerprint density at radius 1 is 0.579 bits per heavy atom. The first kappa shape index (κ1) is 34.6. The number of rotatable bonds is 6. The van der Waals surface area contributed by atoms with E-state index in [4.69, 9.17) is 4.42 Å². The Morgan fingerprint density at radius 3 is 2.04 bits per heavy atom. The lowest BCUT2D eigenvalue weighted by Crippen LogP contribution is -2.27. The Morgan fingerprint density at radius 2 is 1.25 bits per heavy atom. The summed E-state index contributed by atoms with van der Waals surface area (Å²) in [6.07, 6.45) is 9.73. The van der Waals surface area contributed by atoms with Crippen LogP contribution in [-0.4, -0.2) is 6.04 Å². The number of benzene rings is 7. The minimum atomic E-state index is -0.106. The Labute approximate surface area is 335 Å². The third kappa shape index (κ3) is 6.17. The van der Waals surface area contributed by atoms with Crippen LogP contribution >= 0.6 is 0 Å². The maximum absolute atomic E-state index is 6.25. The molecule has 7 aromatic carbocycles. The first-order chi connectivity index (χ1) is 27.9. The maximum Gasteiger partial charge on any atom is 0.135 e. The summed E-state index contributed by atoms with van der Waals surface area (Å²) in [5, 5.41) is 1.11. The van der Waals surface area contributed by atoms with Crippen LogP contribution in [0.1, 0.15) is 37.5 Å². The lowest BCUT2D eigenvalue weighted by Gasteiger charge is -2.31. The zero-order valence-electron chi connectivity index (χ0n) is 32.6. The van der Waals surface area contributed by atoms with Crippen LogP contribution in [0.2, 0.25) is 0 Å². The van der Waals surface area contributed by atoms with Crippen molar-refractivity contribution in [2.24, 2.45) is 0 Å². The van der Waals surface area contributed by atoms with Crippen LogP contribution in [0.4, 0.5) is 28.4 Å². The van der Waals surface area contributed by atoms with Gasteiger partial charge in [0.2, 0.25) is 0 Å². The van der Waals surface area contributed by atoms with E-state index in [2.05, 4.69) is 207 Å². The fourth-order valence-corrected chi connectivity index (χ4v) is 8.91. The van der Waals surface area contributed by atoms with Gasteiger partial charge in [-0.2, -0.15) is 0 Å². The Kier molecular flexibility index (Phi) is 8.52. The van der Waals surface area contributed by atoms with Gasteiger partial charge in [-0.05, 0) is 137 Å². The SMILES string of the molecule is CC1/C=C\C=C/Cc2cc(-c3ccc(N(c4ccc(-c5cc6ccccc6o5)cc4)c4ccc5c(c4)C(C)(C)c4ccccc4-5)cc3)ccc2N1c1ccccc1. The summed E-state index contributed by atoms with van der Waals surface area (Å²) in [6.45, 7) is 6.95. The molecule has 1 atom stereocenters. The summed E-state index contributed by atoms with van der Waals surface area (Å²) >= 11 is 0. The number of hydrogen-bond donors (Lipinski definition) is 0. The highest BCUT2D eigenvalue weighted by Gasteiger charge is 2.35. The van der Waals surface area contributed by atoms with E-state index >= 15 is 0 Å². The summed E-state index contributed by atoms with van der Waals surface area (Å²) < 4.78 is 6.25. The van der Waals surface area contributed by atoms with Crippen molar-refractivity contribution < 1.29 is 4.42 Å². The molecule has 0 saturated heterocycles. The van der Waals surface area contributed by atoms with Gasteiger partial charge in [0.1, 0.15) is 11.3 Å². The lowest BCUT2D eigenvalue weighted by atomic mass is 9.82. The van der Waals surface area contributed by atoms with E-state index in [-0.39, 0.29) is 11.5 Å². The normalized spacial score (nSPS) is 16.5. The average Bonchev–Trinajstić information content (AvgIpc) is 3.80. The minimum Gasteiger partial charge on any atom is -0.456 e. The molecular formula is C54H44N2O. The van der Waals surface area contributed by atoms with E-state index in [0.29, 0.717) is 0 Å². The summed E-state index contributed by atoms with van der Waals surface area (Å²) in [4.78, 5) is 4.83. The van der Waals surface area contributed by atoms with Crippen molar-refractivity contribution in [1.29, 1.82) is 0 Å². The third-order valence-electron chi connectivity index (χ3n) is 11.9. The summed E-state index contributed by atoms with van der Waals surface area (Å²) in [7, 11) is 0. The standard InChI is InChI=1S/C54H44N2O/c1-37-14-6-4-7-15-41-34-40(26-33-51(41)55(37)43-17-8-5-9-18-43)38-22-27-44(28-23-38)56(45-29-24-39(25-30-45)53-35-42-16-10-13-21-52(42)57-53)46-31-32-48-47-19-11-12-20-49(47)54(2,3)50(48)36-46/h4-14,16-37H,15H2,1-3H3/b7-4-,14-6-. The molecule has 0 bridgehead atoms. The molecule has 1 aromatic heterocycles. The quantitative estimate of drug-likeness (QED) is 0.169. The molecule has 2 heterocycles. The fourth-order valence-electron chi connectivity index (χ4n) is 8.91. The maximum atomic E-state index is 6.25. The van der Waals surface area contributed by atoms with Gasteiger partial charge in [-0.3, -0.25) is 0 Å². The molecule has 0 saturated carbocycles. The van der Waals surface area contributed by atoms with E-state index in [1.54, 1.807) is 0 Å². The van der Waals surface area contributed by atoms with Crippen molar-refractivity contribution in [3.8, 4) is 33.6 Å². The molecule has 2 aliphatic rings. The molecule has 3 nitrogen and oxygen atoms in total. The molecule has 8 aromatic rings. The van der Waals surface area contributed by atoms with Crippen LogP contribution in [-0.2, 0) is 11.8 Å². The predicted molar refractivity (Wildman–Crippen MR) is 239 cm³/mol. The van der Waals surface area contributed by atoms with Crippen molar-refractivity contribution in [3.63, 3.8) is 0 Å². The first-order valence-electron chi connectivity index (χ1n) is 20.0. The van der Waals surface area contributed by atoms with E-state index in [1.165, 1.54) is 50.3 Å². The molecular weight excluding hydrogens is 693 g/mol. The van der Waals surface area contributed by atoms with Gasteiger partial charge in [0.05, 0.1) is 0 Å². The molecule has 1 unspecified atom stereocenters. The van der Waals surface area contributed by atoms with Crippen LogP contribution in [0.3, 0.4) is 0 Å². The number of para-hydroxylation sites is 2. The van der Waals surface area contributed by atoms with Crippen molar-refractivity contribution in [1.82, 2.24) is 0 Å². The van der Waals surface area contributed by atoms with Gasteiger partial charge in [0.15, 0.2) is 0 Å². The van der Waals surface area contributed by atoms with Gasteiger partial charge in [0, 0.05) is 50.8 Å². The molecule has 0 amide bonds. The highest BCUT2D eigenvalue weighted by Crippen LogP contribution is 2.51. The number of fused-ring (bicyclic) bond motifs is 5. The number of nitrogens with zero attached hydrogens (tertiary/aromatic N) is 2. The molecule has 0 N–H and O–H groups in total. The van der Waals surface area contributed by atoms with E-state index in [0.717, 1.165) is 45.8 Å². The lowest BCUT2D eigenvalue weighted by molar-refractivity contribution is 0.631. The highest BCUT2D eigenvalue weighted by atomic mass is 16.3. The Bertz CT molecular complexity index is 2770. The molecule has 1 aliphatic heterocycles. The van der Waals surface area contributed by atoms with Gasteiger partial charge in [-0.25, -0.2) is 0 Å². The topological polar surface area (TPSA) is 19.6 Å². The second-order valence-electron chi connectivity index (χ2n) is 15.8. The van der Waals surface area contributed by atoms with Crippen molar-refractivity contribution >= 4 is 39.4 Å². The molecule has 276 valence electrons. The smallest absolute Gasteiger partial charge is 0.135 e. The molecule has 1 aliphatic carbocycles. The molecule has 10 rings (SSSR count). The van der Waals surface area contributed by atoms with E-state index < -0.39 is 0 Å². The fraction of sp³-hybridized carbons (Fsp3) is 0.111. The molecule has 57 heavy (non-hydrogen) atoms. The van der Waals surface area contributed by atoms with Crippen LogP contribution in [0.25, 0.3) is 44.5 Å². The van der Waals surface area contributed by atoms with E-state index in [9.17, 15) is 0 Å².